The Balaban J connectivity index is 0.00000420. The molecular formula is C21H28ClIN4O2. The third-order valence-corrected chi connectivity index (χ3v) is 3.96. The summed E-state index contributed by atoms with van der Waals surface area (Å²) in [5.41, 5.74) is 1.88. The quantitative estimate of drug-likeness (QED) is 0.198. The molecule has 0 aliphatic carbocycles. The lowest BCUT2D eigenvalue weighted by atomic mass is 10.1. The Labute approximate surface area is 194 Å². The predicted molar refractivity (Wildman–Crippen MR) is 131 cm³/mol. The van der Waals surface area contributed by atoms with Gasteiger partial charge in [0.1, 0.15) is 12.4 Å². The first kappa shape index (κ1) is 25.0. The van der Waals surface area contributed by atoms with Gasteiger partial charge in [-0.05, 0) is 43.2 Å². The molecule has 2 aromatic carbocycles. The molecule has 158 valence electrons. The van der Waals surface area contributed by atoms with Crippen molar-refractivity contribution in [3.05, 3.63) is 59.1 Å². The van der Waals surface area contributed by atoms with Crippen LogP contribution in [0, 0.1) is 0 Å². The number of amides is 1. The summed E-state index contributed by atoms with van der Waals surface area (Å²) >= 11 is 6.01. The fourth-order valence-electron chi connectivity index (χ4n) is 2.54. The van der Waals surface area contributed by atoms with E-state index in [0.717, 1.165) is 29.5 Å². The van der Waals surface area contributed by atoms with Crippen LogP contribution in [0.2, 0.25) is 5.02 Å². The Morgan fingerprint density at radius 1 is 1.14 bits per heavy atom. The third-order valence-electron chi connectivity index (χ3n) is 3.72. The molecule has 0 bridgehead atoms. The van der Waals surface area contributed by atoms with E-state index in [4.69, 9.17) is 16.3 Å². The number of nitrogens with one attached hydrogen (secondary N) is 3. The van der Waals surface area contributed by atoms with Gasteiger partial charge in [-0.1, -0.05) is 29.8 Å². The fourth-order valence-corrected chi connectivity index (χ4v) is 2.75. The van der Waals surface area contributed by atoms with E-state index in [-0.39, 0.29) is 29.9 Å². The Bertz CT molecular complexity index is 802. The van der Waals surface area contributed by atoms with Gasteiger partial charge in [-0.3, -0.25) is 9.79 Å². The number of benzene rings is 2. The molecule has 0 aliphatic heterocycles. The Kier molecular flexibility index (Phi) is 12.1. The van der Waals surface area contributed by atoms with Crippen LogP contribution >= 0.6 is 35.6 Å². The normalized spacial score (nSPS) is 10.7. The summed E-state index contributed by atoms with van der Waals surface area (Å²) in [4.78, 5) is 15.7. The highest BCUT2D eigenvalue weighted by molar-refractivity contribution is 14.0. The van der Waals surface area contributed by atoms with E-state index in [1.165, 1.54) is 6.92 Å². The second kappa shape index (κ2) is 14.1. The maximum atomic E-state index is 11.1. The molecule has 0 aliphatic rings. The average molecular weight is 531 g/mol. The monoisotopic (exact) mass is 530 g/mol. The molecule has 2 rings (SSSR count). The molecule has 0 aromatic heterocycles. The summed E-state index contributed by atoms with van der Waals surface area (Å²) in [6, 6.07) is 15.1. The average Bonchev–Trinajstić information content (AvgIpc) is 2.65. The largest absolute Gasteiger partial charge is 0.492 e. The van der Waals surface area contributed by atoms with Crippen molar-refractivity contribution in [2.75, 3.05) is 31.6 Å². The number of nitrogens with zero attached hydrogens (tertiary/aromatic N) is 1. The van der Waals surface area contributed by atoms with Gasteiger partial charge in [-0.15, -0.1) is 24.0 Å². The zero-order valence-electron chi connectivity index (χ0n) is 16.7. The maximum Gasteiger partial charge on any atom is 0.221 e. The van der Waals surface area contributed by atoms with Gasteiger partial charge in [0.25, 0.3) is 0 Å². The van der Waals surface area contributed by atoms with Crippen LogP contribution in [-0.4, -0.2) is 38.1 Å². The first-order valence-electron chi connectivity index (χ1n) is 9.34. The minimum absolute atomic E-state index is 0. The van der Waals surface area contributed by atoms with Crippen molar-refractivity contribution in [2.45, 2.75) is 20.3 Å². The lowest BCUT2D eigenvalue weighted by Gasteiger charge is -2.12. The minimum atomic E-state index is -0.108. The van der Waals surface area contributed by atoms with Gasteiger partial charge in [-0.25, -0.2) is 0 Å². The number of hydrogen-bond acceptors (Lipinski definition) is 3. The number of carbonyl (C=O) groups excluding carboxylic acids is 1. The second-order valence-electron chi connectivity index (χ2n) is 6.12. The van der Waals surface area contributed by atoms with E-state index in [2.05, 4.69) is 20.9 Å². The van der Waals surface area contributed by atoms with Crippen LogP contribution in [-0.2, 0) is 11.2 Å². The number of aliphatic imine (C=N–C) groups is 1. The number of ether oxygens (including phenoxy) is 1. The molecule has 2 aromatic rings. The fraction of sp³-hybridized carbons (Fsp3) is 0.333. The first-order valence-corrected chi connectivity index (χ1v) is 9.71. The second-order valence-corrected chi connectivity index (χ2v) is 6.56. The van der Waals surface area contributed by atoms with Crippen molar-refractivity contribution in [1.82, 2.24) is 10.6 Å². The highest BCUT2D eigenvalue weighted by Crippen LogP contribution is 2.17. The molecule has 6 nitrogen and oxygen atoms in total. The number of halogens is 2. The van der Waals surface area contributed by atoms with Crippen molar-refractivity contribution in [1.29, 1.82) is 0 Å². The zero-order chi connectivity index (χ0) is 20.2. The summed E-state index contributed by atoms with van der Waals surface area (Å²) in [5, 5.41) is 9.95. The van der Waals surface area contributed by atoms with Crippen LogP contribution in [0.5, 0.6) is 5.75 Å². The Morgan fingerprint density at radius 2 is 1.93 bits per heavy atom. The molecule has 8 heteroatoms. The van der Waals surface area contributed by atoms with E-state index >= 15 is 0 Å². The molecular weight excluding hydrogens is 503 g/mol. The van der Waals surface area contributed by atoms with Gasteiger partial charge < -0.3 is 20.7 Å². The molecule has 0 spiro atoms. The van der Waals surface area contributed by atoms with Gasteiger partial charge in [0.15, 0.2) is 5.96 Å². The Hall–Kier alpha value is -2.00. The number of anilines is 1. The van der Waals surface area contributed by atoms with E-state index in [1.807, 2.05) is 49.4 Å². The minimum Gasteiger partial charge on any atom is -0.492 e. The van der Waals surface area contributed by atoms with Gasteiger partial charge in [0.05, 0.1) is 6.54 Å². The molecule has 0 unspecified atom stereocenters. The van der Waals surface area contributed by atoms with Crippen LogP contribution in [0.15, 0.2) is 53.5 Å². The molecule has 0 saturated carbocycles. The van der Waals surface area contributed by atoms with Crippen LogP contribution < -0.4 is 20.7 Å². The number of hydrogen-bond donors (Lipinski definition) is 3. The van der Waals surface area contributed by atoms with E-state index in [0.29, 0.717) is 31.1 Å². The highest BCUT2D eigenvalue weighted by Gasteiger charge is 2.01. The van der Waals surface area contributed by atoms with Crippen molar-refractivity contribution in [3.63, 3.8) is 0 Å². The lowest BCUT2D eigenvalue weighted by Crippen LogP contribution is -2.39. The third kappa shape index (κ3) is 10.4. The predicted octanol–water partition coefficient (Wildman–Crippen LogP) is 4.09. The first-order chi connectivity index (χ1) is 13.6. The van der Waals surface area contributed by atoms with Crippen molar-refractivity contribution < 1.29 is 9.53 Å². The maximum absolute atomic E-state index is 11.1. The molecule has 0 atom stereocenters. The van der Waals surface area contributed by atoms with Crippen molar-refractivity contribution in [2.24, 2.45) is 4.99 Å². The highest BCUT2D eigenvalue weighted by atomic mass is 127. The summed E-state index contributed by atoms with van der Waals surface area (Å²) in [7, 11) is 0. The number of rotatable bonds is 9. The Morgan fingerprint density at radius 3 is 2.66 bits per heavy atom. The van der Waals surface area contributed by atoms with E-state index in [1.54, 1.807) is 6.07 Å². The smallest absolute Gasteiger partial charge is 0.221 e. The van der Waals surface area contributed by atoms with E-state index in [9.17, 15) is 4.79 Å². The number of guanidine groups is 1. The lowest BCUT2D eigenvalue weighted by molar-refractivity contribution is -0.114. The van der Waals surface area contributed by atoms with Crippen LogP contribution in [0.3, 0.4) is 0 Å². The topological polar surface area (TPSA) is 74.8 Å². The molecule has 0 saturated heterocycles. The molecule has 0 heterocycles. The standard InChI is InChI=1S/C21H27ClN4O2.HI/c1-3-23-21(24-11-10-17-6-4-7-18(22)14-17)25-12-13-28-20-9-5-8-19(15-20)26-16(2)27;/h4-9,14-15H,3,10-13H2,1-2H3,(H,26,27)(H2,23,24,25);1H. The number of carbonyl (C=O) groups is 1. The van der Waals surface area contributed by atoms with Gasteiger partial charge >= 0.3 is 0 Å². The van der Waals surface area contributed by atoms with Crippen molar-refractivity contribution >= 4 is 53.1 Å². The summed E-state index contributed by atoms with van der Waals surface area (Å²) in [6.07, 6.45) is 0.823. The summed E-state index contributed by atoms with van der Waals surface area (Å²) < 4.78 is 5.73. The SMILES string of the molecule is CCNC(=NCCc1cccc(Cl)c1)NCCOc1cccc(NC(C)=O)c1.I. The van der Waals surface area contributed by atoms with Gasteiger partial charge in [-0.2, -0.15) is 0 Å². The molecule has 0 fully saturated rings. The van der Waals surface area contributed by atoms with Crippen LogP contribution in [0.4, 0.5) is 5.69 Å². The molecule has 29 heavy (non-hydrogen) atoms. The van der Waals surface area contributed by atoms with Crippen LogP contribution in [0.25, 0.3) is 0 Å². The molecule has 0 radical (unpaired) electrons. The van der Waals surface area contributed by atoms with Crippen molar-refractivity contribution in [3.8, 4) is 5.75 Å². The van der Waals surface area contributed by atoms with Crippen LogP contribution in [0.1, 0.15) is 19.4 Å². The van der Waals surface area contributed by atoms with Gasteiger partial charge in [0.2, 0.25) is 5.91 Å². The zero-order valence-corrected chi connectivity index (χ0v) is 19.8. The van der Waals surface area contributed by atoms with Gasteiger partial charge in [0, 0.05) is 36.8 Å². The summed E-state index contributed by atoms with van der Waals surface area (Å²) in [6.45, 7) is 6.02. The molecule has 3 N–H and O–H groups in total. The van der Waals surface area contributed by atoms with E-state index < -0.39 is 0 Å². The molecule has 1 amide bonds. The summed E-state index contributed by atoms with van der Waals surface area (Å²) in [5.74, 6) is 1.35.